The molecule has 2 heterocycles. The van der Waals surface area contributed by atoms with E-state index in [1.807, 2.05) is 6.92 Å². The van der Waals surface area contributed by atoms with Crippen LogP contribution in [-0.2, 0) is 76.3 Å². The van der Waals surface area contributed by atoms with Gasteiger partial charge in [0.05, 0.1) is 97.2 Å². The first-order chi connectivity index (χ1) is 38.5. The second-order valence-electron chi connectivity index (χ2n) is 18.3. The molecule has 460 valence electrons. The van der Waals surface area contributed by atoms with Crippen molar-refractivity contribution in [1.29, 1.82) is 0 Å². The lowest BCUT2D eigenvalue weighted by Gasteiger charge is -2.39. The van der Waals surface area contributed by atoms with E-state index in [0.29, 0.717) is 33.0 Å². The standard InChI is InChI=1S/C48H81N11O22/c1-4-12-74-14-16-76-18-19-77-17-15-75-13-11-55-37(67)24-59(22-35(65)53-9-5-7-38(68)80-42(31(63)25-60)41-27(2)29(57-47(49)50)20-33(78-41)45(70)71)23-36(66)54-10-6-8-39(69)81-43(32(64)26-61)44-40(56-28(3)62)30(58-48(51)52)21-34(79-44)46(72)73/h20-21,27,29-32,40-44,60-61,63-64H,4-19,22-26H2,1-3H3,(H,53,65)(H,54,66)(H,55,67)(H,56,62)(H,70,71)(H,72,73)(H4,49,50,57)(H4,51,52,58)/t27-,29+,30+,31-,32-,40-,41-,42-,43-,44-/m1/s1. The van der Waals surface area contributed by atoms with Gasteiger partial charge >= 0.3 is 23.9 Å². The monoisotopic (exact) mass is 1160 g/mol. The Morgan fingerprint density at radius 2 is 1.01 bits per heavy atom. The number of hydrogen-bond acceptors (Lipinski definition) is 23. The average molecular weight is 1160 g/mol. The summed E-state index contributed by atoms with van der Waals surface area (Å²) < 4.78 is 43.7. The summed E-state index contributed by atoms with van der Waals surface area (Å²) in [5.41, 5.74) is 22.1. The van der Waals surface area contributed by atoms with Gasteiger partial charge in [0.15, 0.2) is 30.2 Å². The number of esters is 2. The number of carboxylic acid groups (broad SMARTS) is 2. The van der Waals surface area contributed by atoms with Crippen molar-refractivity contribution in [2.24, 2.45) is 38.8 Å². The van der Waals surface area contributed by atoms with Crippen molar-refractivity contribution < 1.29 is 107 Å². The third-order valence-electron chi connectivity index (χ3n) is 11.5. The van der Waals surface area contributed by atoms with Gasteiger partial charge in [-0.05, 0) is 31.4 Å². The maximum absolute atomic E-state index is 13.2. The zero-order valence-corrected chi connectivity index (χ0v) is 45.6. The molecule has 0 aromatic carbocycles. The Labute approximate surface area is 467 Å². The van der Waals surface area contributed by atoms with E-state index >= 15 is 0 Å². The van der Waals surface area contributed by atoms with Gasteiger partial charge in [-0.1, -0.05) is 13.8 Å². The van der Waals surface area contributed by atoms with Crippen molar-refractivity contribution in [3.8, 4) is 0 Å². The van der Waals surface area contributed by atoms with Gasteiger partial charge in [0, 0.05) is 51.9 Å². The zero-order valence-electron chi connectivity index (χ0n) is 45.6. The number of aliphatic hydroxyl groups is 4. The van der Waals surface area contributed by atoms with Crippen LogP contribution in [0.3, 0.4) is 0 Å². The molecule has 0 saturated heterocycles. The topological polar surface area (TPSA) is 512 Å². The lowest BCUT2D eigenvalue weighted by molar-refractivity contribution is -0.176. The average Bonchev–Trinajstić information content (AvgIpc) is 3.40. The number of nitrogens with zero attached hydrogens (tertiary/aromatic N) is 3. The van der Waals surface area contributed by atoms with Crippen LogP contribution < -0.4 is 44.2 Å². The van der Waals surface area contributed by atoms with Crippen molar-refractivity contribution >= 4 is 59.4 Å². The van der Waals surface area contributed by atoms with E-state index in [9.17, 15) is 69.0 Å². The first-order valence-corrected chi connectivity index (χ1v) is 26.0. The van der Waals surface area contributed by atoms with Crippen LogP contribution >= 0.6 is 0 Å². The van der Waals surface area contributed by atoms with Gasteiger partial charge in [0.1, 0.15) is 18.3 Å². The van der Waals surface area contributed by atoms with Crippen LogP contribution in [0.25, 0.3) is 0 Å². The quantitative estimate of drug-likeness (QED) is 0.0117. The summed E-state index contributed by atoms with van der Waals surface area (Å²) in [6.07, 6.45) is -7.83. The SMILES string of the molecule is CCCOCCOCCOCCOCCNC(=O)CN(CC(=O)NCCCC(=O)O[C@@H]([C@@H]1OC(C(=O)O)=C[C@H](N=C(N)N)[C@H]1C)[C@H](O)CO)CC(=O)NCCCC(=O)O[C@@H]([C@@H]1OC(C(=O)O)=C[C@H](N=C(N)N)[C@H]1NC(C)=O)[C@H](O)CO. The second-order valence-corrected chi connectivity index (χ2v) is 18.3. The fourth-order valence-corrected chi connectivity index (χ4v) is 7.80. The van der Waals surface area contributed by atoms with E-state index in [4.69, 9.17) is 60.8 Å². The van der Waals surface area contributed by atoms with Crippen molar-refractivity contribution in [2.45, 2.75) is 108 Å². The summed E-state index contributed by atoms with van der Waals surface area (Å²) in [6.45, 7) is 3.89. The van der Waals surface area contributed by atoms with Gasteiger partial charge in [0.25, 0.3) is 0 Å². The first kappa shape index (κ1) is 70.1. The fraction of sp³-hybridized carbons (Fsp3) is 0.708. The normalized spacial score (nSPS) is 20.0. The van der Waals surface area contributed by atoms with Crippen LogP contribution in [0.2, 0.25) is 0 Å². The maximum atomic E-state index is 13.2. The number of nitrogens with two attached hydrogens (primary N) is 4. The van der Waals surface area contributed by atoms with Gasteiger partial charge in [-0.15, -0.1) is 0 Å². The third kappa shape index (κ3) is 27.8. The smallest absolute Gasteiger partial charge is 0.370 e. The summed E-state index contributed by atoms with van der Waals surface area (Å²) in [5, 5.41) is 70.5. The minimum atomic E-state index is -1.87. The predicted molar refractivity (Wildman–Crippen MR) is 281 cm³/mol. The Bertz CT molecular complexity index is 2140. The number of ether oxygens (including phenoxy) is 8. The lowest BCUT2D eigenvalue weighted by Crippen LogP contribution is -2.60. The van der Waals surface area contributed by atoms with Crippen LogP contribution in [-0.4, -0.2) is 255 Å². The molecule has 0 spiro atoms. The van der Waals surface area contributed by atoms with E-state index in [0.717, 1.165) is 25.5 Å². The third-order valence-corrected chi connectivity index (χ3v) is 11.5. The highest BCUT2D eigenvalue weighted by molar-refractivity contribution is 5.86. The molecule has 2 aliphatic rings. The molecule has 0 bridgehead atoms. The summed E-state index contributed by atoms with van der Waals surface area (Å²) in [6, 6.07) is -3.57. The number of aliphatic hydroxyl groups excluding tert-OH is 4. The first-order valence-electron chi connectivity index (χ1n) is 26.0. The van der Waals surface area contributed by atoms with Gasteiger partial charge in [-0.25, -0.2) is 19.6 Å². The Morgan fingerprint density at radius 1 is 0.617 bits per heavy atom. The number of rotatable bonds is 41. The number of aliphatic imine (C=N–C) groups is 2. The van der Waals surface area contributed by atoms with Crippen molar-refractivity contribution in [1.82, 2.24) is 26.2 Å². The minimum Gasteiger partial charge on any atom is -0.479 e. The highest BCUT2D eigenvalue weighted by atomic mass is 16.6. The molecule has 10 atom stereocenters. The molecule has 0 radical (unpaired) electrons. The number of carbonyl (C=O) groups excluding carboxylic acids is 6. The van der Waals surface area contributed by atoms with E-state index in [1.54, 1.807) is 6.92 Å². The summed E-state index contributed by atoms with van der Waals surface area (Å²) in [5.74, 6) is -10.6. The number of amides is 4. The number of carbonyl (C=O) groups is 8. The van der Waals surface area contributed by atoms with Crippen LogP contribution in [0.4, 0.5) is 0 Å². The summed E-state index contributed by atoms with van der Waals surface area (Å²) in [7, 11) is 0. The lowest BCUT2D eigenvalue weighted by atomic mass is 9.87. The predicted octanol–water partition coefficient (Wildman–Crippen LogP) is -6.64. The Morgan fingerprint density at radius 3 is 1.43 bits per heavy atom. The molecule has 0 aromatic rings. The van der Waals surface area contributed by atoms with Crippen LogP contribution in [0, 0.1) is 5.92 Å². The maximum Gasteiger partial charge on any atom is 0.370 e. The number of carboxylic acids is 2. The van der Waals surface area contributed by atoms with E-state index < -0.39 is 165 Å². The van der Waals surface area contributed by atoms with Crippen molar-refractivity contribution in [2.75, 3.05) is 105 Å². The highest BCUT2D eigenvalue weighted by Crippen LogP contribution is 2.31. The zero-order chi connectivity index (χ0) is 60.4. The van der Waals surface area contributed by atoms with Crippen LogP contribution in [0.15, 0.2) is 33.7 Å². The molecule has 0 aromatic heterocycles. The van der Waals surface area contributed by atoms with Crippen molar-refractivity contribution in [3.05, 3.63) is 23.7 Å². The minimum absolute atomic E-state index is 0.0382. The molecule has 33 nitrogen and oxygen atoms in total. The number of hydrogen-bond donors (Lipinski definition) is 14. The molecular formula is C48H81N11O22. The molecule has 0 saturated carbocycles. The number of nitrogens with one attached hydrogen (secondary N) is 4. The van der Waals surface area contributed by atoms with Gasteiger partial charge < -0.3 is 113 Å². The Hall–Kier alpha value is -6.98. The molecule has 4 amide bonds. The molecule has 0 aliphatic carbocycles. The number of guanidine groups is 2. The molecule has 2 aliphatic heterocycles. The van der Waals surface area contributed by atoms with Gasteiger partial charge in [0.2, 0.25) is 35.1 Å². The molecular weight excluding hydrogens is 1080 g/mol. The second kappa shape index (κ2) is 38.6. The molecule has 0 fully saturated rings. The molecule has 81 heavy (non-hydrogen) atoms. The summed E-state index contributed by atoms with van der Waals surface area (Å²) in [4.78, 5) is 111. The fourth-order valence-electron chi connectivity index (χ4n) is 7.80. The molecule has 18 N–H and O–H groups in total. The van der Waals surface area contributed by atoms with Gasteiger partial charge in [-0.2, -0.15) is 0 Å². The Kier molecular flexibility index (Phi) is 33.4. The van der Waals surface area contributed by atoms with E-state index in [-0.39, 0.29) is 64.7 Å². The Balaban J connectivity index is 2.06. The molecule has 33 heteroatoms. The largest absolute Gasteiger partial charge is 0.479 e. The molecule has 2 rings (SSSR count). The summed E-state index contributed by atoms with van der Waals surface area (Å²) >= 11 is 0. The number of aliphatic carboxylic acids is 2. The van der Waals surface area contributed by atoms with Crippen LogP contribution in [0.5, 0.6) is 0 Å². The molecule has 0 unspecified atom stereocenters. The van der Waals surface area contributed by atoms with Crippen molar-refractivity contribution in [3.63, 3.8) is 0 Å². The van der Waals surface area contributed by atoms with E-state index in [1.165, 1.54) is 4.90 Å². The highest BCUT2D eigenvalue weighted by Gasteiger charge is 2.47. The van der Waals surface area contributed by atoms with Crippen LogP contribution in [0.1, 0.15) is 52.9 Å². The van der Waals surface area contributed by atoms with Gasteiger partial charge in [-0.3, -0.25) is 33.7 Å². The van der Waals surface area contributed by atoms with E-state index in [2.05, 4.69) is 31.3 Å².